The molecule has 174 valence electrons. The maximum Gasteiger partial charge on any atom is 0.256 e. The van der Waals surface area contributed by atoms with E-state index >= 15 is 0 Å². The van der Waals surface area contributed by atoms with Gasteiger partial charge in [0, 0.05) is 31.9 Å². The number of nitrogens with one attached hydrogen (secondary N) is 1. The Labute approximate surface area is 189 Å². The summed E-state index contributed by atoms with van der Waals surface area (Å²) < 4.78 is 29.6. The number of carbonyl (C=O) groups excluding carboxylic acids is 1. The third-order valence-electron chi connectivity index (χ3n) is 5.80. The van der Waals surface area contributed by atoms with Crippen LogP contribution in [0.1, 0.15) is 43.0 Å². The number of amides is 1. The minimum Gasteiger partial charge on any atom is -0.391 e. The maximum absolute atomic E-state index is 14.7. The Balaban J connectivity index is 1.85. The lowest BCUT2D eigenvalue weighted by Gasteiger charge is -2.19. The lowest BCUT2D eigenvalue weighted by molar-refractivity contribution is 0.0951. The zero-order valence-corrected chi connectivity index (χ0v) is 18.4. The van der Waals surface area contributed by atoms with Crippen molar-refractivity contribution in [2.75, 3.05) is 24.5 Å². The Morgan fingerprint density at radius 3 is 2.76 bits per heavy atom. The van der Waals surface area contributed by atoms with Crippen molar-refractivity contribution >= 4 is 22.8 Å². The van der Waals surface area contributed by atoms with E-state index in [0.29, 0.717) is 31.9 Å². The van der Waals surface area contributed by atoms with Crippen molar-refractivity contribution in [3.63, 3.8) is 0 Å². The molecule has 1 saturated heterocycles. The molecule has 7 nitrogen and oxygen atoms in total. The monoisotopic (exact) mass is 456 g/mol. The molecule has 1 unspecified atom stereocenters. The molecular formula is C24H26F2N4O3. The van der Waals surface area contributed by atoms with E-state index in [1.54, 1.807) is 12.1 Å². The van der Waals surface area contributed by atoms with E-state index in [4.69, 9.17) is 0 Å². The van der Waals surface area contributed by atoms with Gasteiger partial charge in [-0.15, -0.1) is 0 Å². The largest absolute Gasteiger partial charge is 0.391 e. The fourth-order valence-electron chi connectivity index (χ4n) is 4.01. The molecule has 0 radical (unpaired) electrons. The Morgan fingerprint density at radius 1 is 1.24 bits per heavy atom. The highest BCUT2D eigenvalue weighted by atomic mass is 19.1. The Bertz CT molecular complexity index is 1240. The van der Waals surface area contributed by atoms with Gasteiger partial charge in [0.05, 0.1) is 17.2 Å². The van der Waals surface area contributed by atoms with Gasteiger partial charge in [-0.2, -0.15) is 0 Å². The van der Waals surface area contributed by atoms with Crippen molar-refractivity contribution in [1.82, 2.24) is 14.9 Å². The summed E-state index contributed by atoms with van der Waals surface area (Å²) in [6.07, 6.45) is 4.09. The van der Waals surface area contributed by atoms with Crippen molar-refractivity contribution in [3.05, 3.63) is 63.9 Å². The van der Waals surface area contributed by atoms with Crippen LogP contribution in [0.3, 0.4) is 0 Å². The number of carbonyl (C=O) groups is 1. The summed E-state index contributed by atoms with van der Waals surface area (Å²) in [5.74, 6) is -1.62. The molecule has 4 rings (SSSR count). The van der Waals surface area contributed by atoms with Crippen LogP contribution in [0, 0.1) is 11.6 Å². The normalized spacial score (nSPS) is 15.9. The predicted molar refractivity (Wildman–Crippen MR) is 122 cm³/mol. The van der Waals surface area contributed by atoms with E-state index in [0.717, 1.165) is 31.4 Å². The van der Waals surface area contributed by atoms with Crippen LogP contribution < -0.4 is 15.6 Å². The molecule has 0 bridgehead atoms. The number of fused-ring (bicyclic) bond motifs is 1. The number of halogens is 2. The summed E-state index contributed by atoms with van der Waals surface area (Å²) in [7, 11) is 0. The number of hydrogen-bond donors (Lipinski definition) is 2. The van der Waals surface area contributed by atoms with Crippen LogP contribution in [-0.4, -0.2) is 46.3 Å². The van der Waals surface area contributed by atoms with Gasteiger partial charge in [0.25, 0.3) is 5.91 Å². The second kappa shape index (κ2) is 9.66. The molecule has 1 atom stereocenters. The fraction of sp³-hybridized carbons (Fsp3) is 0.375. The lowest BCUT2D eigenvalue weighted by atomic mass is 10.1. The molecule has 33 heavy (non-hydrogen) atoms. The fourth-order valence-corrected chi connectivity index (χ4v) is 4.01. The number of anilines is 1. The van der Waals surface area contributed by atoms with E-state index in [1.165, 1.54) is 16.8 Å². The molecule has 1 fully saturated rings. The van der Waals surface area contributed by atoms with E-state index in [9.17, 15) is 23.5 Å². The van der Waals surface area contributed by atoms with Gasteiger partial charge in [0.15, 0.2) is 5.65 Å². The van der Waals surface area contributed by atoms with Gasteiger partial charge in [-0.3, -0.25) is 14.2 Å². The highest BCUT2D eigenvalue weighted by Gasteiger charge is 2.24. The first-order chi connectivity index (χ1) is 15.9. The van der Waals surface area contributed by atoms with Gasteiger partial charge in [0.2, 0.25) is 5.43 Å². The number of pyridine rings is 2. The smallest absolute Gasteiger partial charge is 0.256 e. The third-order valence-corrected chi connectivity index (χ3v) is 5.80. The molecule has 2 aromatic heterocycles. The number of aliphatic hydroxyl groups excluding tert-OH is 1. The van der Waals surface area contributed by atoms with E-state index < -0.39 is 29.1 Å². The number of aromatic nitrogens is 2. The van der Waals surface area contributed by atoms with Crippen LogP contribution in [0.5, 0.6) is 0 Å². The molecule has 1 aromatic carbocycles. The number of β-amino-alcohol motifs (C(OH)–C–C–N with tert-alkyl or cyclic N) is 1. The van der Waals surface area contributed by atoms with Crippen LogP contribution in [0.15, 0.2) is 41.3 Å². The SMILES string of the molecule is CCCCCNC(=O)c1cn(-c2ccc(F)cc2F)c2nc(N3CCC(O)C3)ccc2c1=O. The summed E-state index contributed by atoms with van der Waals surface area (Å²) in [5, 5.41) is 12.7. The molecule has 0 spiro atoms. The third kappa shape index (κ3) is 4.73. The van der Waals surface area contributed by atoms with Crippen molar-refractivity contribution in [3.8, 4) is 5.69 Å². The highest BCUT2D eigenvalue weighted by molar-refractivity contribution is 5.97. The van der Waals surface area contributed by atoms with Crippen molar-refractivity contribution in [2.45, 2.75) is 38.7 Å². The predicted octanol–water partition coefficient (Wildman–Crippen LogP) is 3.15. The maximum atomic E-state index is 14.7. The minimum atomic E-state index is -0.849. The number of nitrogens with zero attached hydrogens (tertiary/aromatic N) is 3. The van der Waals surface area contributed by atoms with E-state index in [-0.39, 0.29) is 22.3 Å². The molecule has 0 aliphatic carbocycles. The standard InChI is InChI=1S/C24H26F2N4O3/c1-2-3-4-10-27-24(33)18-14-30(20-7-5-15(25)12-19(20)26)23-17(22(18)32)6-8-21(28-23)29-11-9-16(31)13-29/h5-8,12,14,16,31H,2-4,9-11,13H2,1H3,(H,27,33). The topological polar surface area (TPSA) is 87.5 Å². The first kappa shape index (κ1) is 22.8. The van der Waals surface area contributed by atoms with Gasteiger partial charge >= 0.3 is 0 Å². The lowest BCUT2D eigenvalue weighted by Crippen LogP contribution is -2.31. The van der Waals surface area contributed by atoms with Crippen LogP contribution >= 0.6 is 0 Å². The molecule has 2 N–H and O–H groups in total. The second-order valence-corrected chi connectivity index (χ2v) is 8.23. The van der Waals surface area contributed by atoms with Gasteiger partial charge < -0.3 is 15.3 Å². The summed E-state index contributed by atoms with van der Waals surface area (Å²) in [5.41, 5.74) is -0.550. The average Bonchev–Trinajstić information content (AvgIpc) is 3.23. The van der Waals surface area contributed by atoms with Crippen LogP contribution in [0.2, 0.25) is 0 Å². The number of unbranched alkanes of at least 4 members (excludes halogenated alkanes) is 2. The summed E-state index contributed by atoms with van der Waals surface area (Å²) in [6.45, 7) is 3.45. The van der Waals surface area contributed by atoms with Gasteiger partial charge in [-0.05, 0) is 37.1 Å². The van der Waals surface area contributed by atoms with Crippen molar-refractivity contribution in [1.29, 1.82) is 0 Å². The summed E-state index contributed by atoms with van der Waals surface area (Å²) in [4.78, 5) is 32.4. The summed E-state index contributed by atoms with van der Waals surface area (Å²) in [6, 6.07) is 6.29. The molecule has 3 aromatic rings. The van der Waals surface area contributed by atoms with Gasteiger partial charge in [0.1, 0.15) is 23.0 Å². The molecule has 1 aliphatic rings. The average molecular weight is 456 g/mol. The van der Waals surface area contributed by atoms with Crippen molar-refractivity contribution in [2.24, 2.45) is 0 Å². The van der Waals surface area contributed by atoms with Crippen LogP contribution in [-0.2, 0) is 0 Å². The highest BCUT2D eigenvalue weighted by Crippen LogP contribution is 2.24. The van der Waals surface area contributed by atoms with E-state index in [1.807, 2.05) is 11.8 Å². The Morgan fingerprint density at radius 2 is 2.06 bits per heavy atom. The van der Waals surface area contributed by atoms with Crippen LogP contribution in [0.4, 0.5) is 14.6 Å². The number of benzene rings is 1. The molecule has 3 heterocycles. The molecular weight excluding hydrogens is 430 g/mol. The molecule has 1 amide bonds. The number of aliphatic hydroxyl groups is 1. The summed E-state index contributed by atoms with van der Waals surface area (Å²) >= 11 is 0. The first-order valence-electron chi connectivity index (χ1n) is 11.1. The Hall–Kier alpha value is -3.33. The number of hydrogen-bond acceptors (Lipinski definition) is 5. The molecule has 0 saturated carbocycles. The van der Waals surface area contributed by atoms with E-state index in [2.05, 4.69) is 10.3 Å². The zero-order chi connectivity index (χ0) is 23.5. The molecule has 9 heteroatoms. The first-order valence-corrected chi connectivity index (χ1v) is 11.1. The quantitative estimate of drug-likeness (QED) is 0.534. The zero-order valence-electron chi connectivity index (χ0n) is 18.4. The minimum absolute atomic E-state index is 0.0347. The van der Waals surface area contributed by atoms with Gasteiger partial charge in [-0.1, -0.05) is 19.8 Å². The number of rotatable bonds is 7. The van der Waals surface area contributed by atoms with Crippen molar-refractivity contribution < 1.29 is 18.7 Å². The Kier molecular flexibility index (Phi) is 6.69. The van der Waals surface area contributed by atoms with Gasteiger partial charge in [-0.25, -0.2) is 13.8 Å². The molecule has 1 aliphatic heterocycles. The second-order valence-electron chi connectivity index (χ2n) is 8.23. The van der Waals surface area contributed by atoms with Crippen LogP contribution in [0.25, 0.3) is 16.7 Å².